The summed E-state index contributed by atoms with van der Waals surface area (Å²) in [6.07, 6.45) is 6.29. The number of aryl methyl sites for hydroxylation is 1. The highest BCUT2D eigenvalue weighted by Crippen LogP contribution is 2.33. The van der Waals surface area contributed by atoms with E-state index >= 15 is 0 Å². The average Bonchev–Trinajstić information content (AvgIpc) is 2.92. The Kier molecular flexibility index (Phi) is 4.38. The fourth-order valence-corrected chi connectivity index (χ4v) is 5.38. The molecule has 3 nitrogen and oxygen atoms in total. The smallest absolute Gasteiger partial charge is 0.261 e. The maximum absolute atomic E-state index is 12.5. The van der Waals surface area contributed by atoms with Crippen molar-refractivity contribution in [1.82, 2.24) is 5.32 Å². The molecule has 0 atom stereocenters. The molecule has 0 radical (unpaired) electrons. The minimum Gasteiger partial charge on any atom is -0.394 e. The topological polar surface area (TPSA) is 49.3 Å². The number of amides is 1. The number of hydrogen-bond donors (Lipinski definition) is 2. The van der Waals surface area contributed by atoms with Gasteiger partial charge in [-0.3, -0.25) is 4.79 Å². The number of hydrogen-bond acceptors (Lipinski definition) is 4. The van der Waals surface area contributed by atoms with Crippen LogP contribution < -0.4 is 5.32 Å². The fourth-order valence-electron chi connectivity index (χ4n) is 3.11. The van der Waals surface area contributed by atoms with Gasteiger partial charge >= 0.3 is 0 Å². The molecule has 1 saturated carbocycles. The van der Waals surface area contributed by atoms with Crippen molar-refractivity contribution in [1.29, 1.82) is 0 Å². The Hall–Kier alpha value is -0.520. The van der Waals surface area contributed by atoms with Gasteiger partial charge in [0.2, 0.25) is 0 Å². The molecule has 3 rings (SSSR count). The van der Waals surface area contributed by atoms with Crippen molar-refractivity contribution < 1.29 is 9.90 Å². The van der Waals surface area contributed by atoms with E-state index in [-0.39, 0.29) is 18.1 Å². The molecule has 1 aromatic rings. The summed E-state index contributed by atoms with van der Waals surface area (Å²) in [5.41, 5.74) is 0.951. The molecule has 0 unspecified atom stereocenters. The second-order valence-corrected chi connectivity index (χ2v) is 8.06. The summed E-state index contributed by atoms with van der Waals surface area (Å²) >= 11 is 3.57. The Balaban J connectivity index is 1.73. The molecule has 0 saturated heterocycles. The highest BCUT2D eigenvalue weighted by Gasteiger charge is 2.33. The molecule has 1 aliphatic heterocycles. The first-order chi connectivity index (χ1) is 9.72. The number of carbonyl (C=O) groups excluding carboxylic acids is 1. The zero-order valence-corrected chi connectivity index (χ0v) is 13.2. The zero-order chi connectivity index (χ0) is 14.0. The molecular formula is C15H21NO2S2. The predicted octanol–water partition coefficient (Wildman–Crippen LogP) is 2.96. The van der Waals surface area contributed by atoms with E-state index in [2.05, 4.69) is 11.4 Å². The number of fused-ring (bicyclic) bond motifs is 1. The van der Waals surface area contributed by atoms with Crippen molar-refractivity contribution in [2.24, 2.45) is 0 Å². The van der Waals surface area contributed by atoms with Crippen LogP contribution in [0.5, 0.6) is 0 Å². The molecule has 0 aromatic carbocycles. The number of thioether (sulfide) groups is 1. The Bertz CT molecular complexity index is 469. The molecule has 5 heteroatoms. The van der Waals surface area contributed by atoms with Crippen LogP contribution >= 0.6 is 23.1 Å². The predicted molar refractivity (Wildman–Crippen MR) is 84.6 cm³/mol. The Morgan fingerprint density at radius 1 is 1.35 bits per heavy atom. The van der Waals surface area contributed by atoms with Gasteiger partial charge in [0.15, 0.2) is 0 Å². The third-order valence-corrected chi connectivity index (χ3v) is 6.59. The molecule has 1 fully saturated rings. The summed E-state index contributed by atoms with van der Waals surface area (Å²) in [6, 6.07) is 2.05. The van der Waals surface area contributed by atoms with Crippen LogP contribution in [0.4, 0.5) is 0 Å². The average molecular weight is 311 g/mol. The minimum absolute atomic E-state index is 0.00495. The number of thiophene rings is 1. The first-order valence-electron chi connectivity index (χ1n) is 7.35. The number of aliphatic hydroxyl groups is 1. The molecule has 1 aromatic heterocycles. The van der Waals surface area contributed by atoms with Crippen LogP contribution in [0.1, 0.15) is 52.2 Å². The summed E-state index contributed by atoms with van der Waals surface area (Å²) in [5, 5.41) is 12.8. The van der Waals surface area contributed by atoms with Gasteiger partial charge in [0.05, 0.1) is 17.0 Å². The largest absolute Gasteiger partial charge is 0.394 e. The maximum atomic E-state index is 12.5. The first-order valence-corrected chi connectivity index (χ1v) is 9.32. The number of rotatable bonds is 3. The molecule has 110 valence electrons. The normalized spacial score (nSPS) is 21.2. The lowest BCUT2D eigenvalue weighted by molar-refractivity contribution is 0.0762. The van der Waals surface area contributed by atoms with Crippen LogP contribution in [0, 0.1) is 0 Å². The van der Waals surface area contributed by atoms with Gasteiger partial charge < -0.3 is 10.4 Å². The van der Waals surface area contributed by atoms with E-state index in [1.54, 1.807) is 11.3 Å². The quantitative estimate of drug-likeness (QED) is 0.902. The number of nitrogens with one attached hydrogen (secondary N) is 1. The SMILES string of the molecule is O=C(NC1(CO)CCCCC1)c1cc2c(s1)CCSC2. The van der Waals surface area contributed by atoms with Gasteiger partial charge in [-0.1, -0.05) is 19.3 Å². The van der Waals surface area contributed by atoms with E-state index < -0.39 is 0 Å². The van der Waals surface area contributed by atoms with Crippen LogP contribution in [-0.4, -0.2) is 28.9 Å². The molecule has 1 amide bonds. The van der Waals surface area contributed by atoms with Gasteiger partial charge in [-0.25, -0.2) is 0 Å². The van der Waals surface area contributed by atoms with Crippen LogP contribution in [0.3, 0.4) is 0 Å². The number of aliphatic hydroxyl groups excluding tert-OH is 1. The Morgan fingerprint density at radius 3 is 2.85 bits per heavy atom. The van der Waals surface area contributed by atoms with Crippen molar-refractivity contribution in [3.05, 3.63) is 21.4 Å². The summed E-state index contributed by atoms with van der Waals surface area (Å²) < 4.78 is 0. The fraction of sp³-hybridized carbons (Fsp3) is 0.667. The van der Waals surface area contributed by atoms with Crippen molar-refractivity contribution in [3.8, 4) is 0 Å². The lowest BCUT2D eigenvalue weighted by Crippen LogP contribution is -2.52. The van der Waals surface area contributed by atoms with E-state index in [0.29, 0.717) is 0 Å². The van der Waals surface area contributed by atoms with E-state index in [0.717, 1.165) is 48.5 Å². The number of carbonyl (C=O) groups is 1. The molecule has 2 N–H and O–H groups in total. The summed E-state index contributed by atoms with van der Waals surface area (Å²) in [5.74, 6) is 2.20. The zero-order valence-electron chi connectivity index (χ0n) is 11.6. The van der Waals surface area contributed by atoms with Gasteiger partial charge in [0, 0.05) is 10.6 Å². The van der Waals surface area contributed by atoms with Crippen LogP contribution in [-0.2, 0) is 12.2 Å². The van der Waals surface area contributed by atoms with Crippen molar-refractivity contribution in [2.45, 2.75) is 49.8 Å². The van der Waals surface area contributed by atoms with Gasteiger partial charge in [0.1, 0.15) is 0 Å². The van der Waals surface area contributed by atoms with Crippen molar-refractivity contribution in [3.63, 3.8) is 0 Å². The van der Waals surface area contributed by atoms with Crippen LogP contribution in [0.15, 0.2) is 6.07 Å². The van der Waals surface area contributed by atoms with Crippen LogP contribution in [0.2, 0.25) is 0 Å². The van der Waals surface area contributed by atoms with Gasteiger partial charge in [-0.2, -0.15) is 11.8 Å². The van der Waals surface area contributed by atoms with Crippen molar-refractivity contribution >= 4 is 29.0 Å². The Labute approximate surface area is 128 Å². The second-order valence-electron chi connectivity index (χ2n) is 5.81. The summed E-state index contributed by atoms with van der Waals surface area (Å²) in [7, 11) is 0. The van der Waals surface area contributed by atoms with E-state index in [1.165, 1.54) is 16.9 Å². The van der Waals surface area contributed by atoms with E-state index in [4.69, 9.17) is 0 Å². The molecule has 2 heterocycles. The molecule has 1 aliphatic carbocycles. The molecular weight excluding hydrogens is 290 g/mol. The minimum atomic E-state index is -0.380. The molecule has 0 spiro atoms. The van der Waals surface area contributed by atoms with Gasteiger partial charge in [-0.05, 0) is 36.6 Å². The molecule has 2 aliphatic rings. The maximum Gasteiger partial charge on any atom is 0.261 e. The van der Waals surface area contributed by atoms with Crippen LogP contribution in [0.25, 0.3) is 0 Å². The lowest BCUT2D eigenvalue weighted by Gasteiger charge is -2.36. The highest BCUT2D eigenvalue weighted by atomic mass is 32.2. The Morgan fingerprint density at radius 2 is 2.15 bits per heavy atom. The lowest BCUT2D eigenvalue weighted by atomic mass is 9.82. The molecule has 20 heavy (non-hydrogen) atoms. The highest BCUT2D eigenvalue weighted by molar-refractivity contribution is 7.98. The van der Waals surface area contributed by atoms with Gasteiger partial charge in [0.25, 0.3) is 5.91 Å². The standard InChI is InChI=1S/C15H21NO2S2/c17-10-15(5-2-1-3-6-15)16-14(18)13-8-11-9-19-7-4-12(11)20-13/h8,17H,1-7,9-10H2,(H,16,18). The second kappa shape index (κ2) is 6.08. The van der Waals surface area contributed by atoms with Crippen molar-refractivity contribution in [2.75, 3.05) is 12.4 Å². The van der Waals surface area contributed by atoms with E-state index in [9.17, 15) is 9.90 Å². The summed E-state index contributed by atoms with van der Waals surface area (Å²) in [6.45, 7) is 0.0552. The monoisotopic (exact) mass is 311 g/mol. The summed E-state index contributed by atoms with van der Waals surface area (Å²) in [4.78, 5) is 14.7. The third-order valence-electron chi connectivity index (χ3n) is 4.34. The van der Waals surface area contributed by atoms with Gasteiger partial charge in [-0.15, -0.1) is 11.3 Å². The molecule has 0 bridgehead atoms. The third kappa shape index (κ3) is 2.90. The van der Waals surface area contributed by atoms with E-state index in [1.807, 2.05) is 11.8 Å². The first kappa shape index (κ1) is 14.4.